The Kier molecular flexibility index (Phi) is 14.0. The highest BCUT2D eigenvalue weighted by Crippen LogP contribution is 2.32. The summed E-state index contributed by atoms with van der Waals surface area (Å²) in [7, 11) is 1.36. The van der Waals surface area contributed by atoms with Crippen molar-refractivity contribution in [3.8, 4) is 17.2 Å². The van der Waals surface area contributed by atoms with Crippen molar-refractivity contribution in [1.29, 1.82) is 0 Å². The van der Waals surface area contributed by atoms with Gasteiger partial charge in [-0.3, -0.25) is 4.79 Å². The molecule has 0 bridgehead atoms. The molecule has 232 valence electrons. The standard InChI is InChI=1S/C30H42N2O10/c1-7-17-39-26(22(8-2)42-21-13-11-10-12-14-21)20(4)30(5,29(35)36)32-28(34)25-27(23(37-6)15-16-31-25)41-19-40-24(33)18-38-9-3/h10-16,20,22,26H,7-9,17-19H2,1-6H3,(H,32,34)(H,35,36)/t20-,22+,26+,30+/m1/s1. The minimum absolute atomic E-state index is 0.125. The molecule has 4 atom stereocenters. The number of aliphatic carboxylic acids is 1. The van der Waals surface area contributed by atoms with Crippen LogP contribution in [0.15, 0.2) is 42.6 Å². The van der Waals surface area contributed by atoms with Crippen LogP contribution in [0.25, 0.3) is 0 Å². The maximum Gasteiger partial charge on any atom is 0.334 e. The van der Waals surface area contributed by atoms with Crippen molar-refractivity contribution in [1.82, 2.24) is 10.3 Å². The van der Waals surface area contributed by atoms with Crippen molar-refractivity contribution in [2.24, 2.45) is 5.92 Å². The number of carboxylic acid groups (broad SMARTS) is 1. The van der Waals surface area contributed by atoms with E-state index >= 15 is 0 Å². The maximum atomic E-state index is 13.6. The number of hydrogen-bond acceptors (Lipinski definition) is 10. The van der Waals surface area contributed by atoms with Gasteiger partial charge in [-0.2, -0.15) is 0 Å². The molecule has 1 amide bonds. The highest BCUT2D eigenvalue weighted by Gasteiger charge is 2.47. The number of para-hydroxylation sites is 1. The van der Waals surface area contributed by atoms with E-state index in [-0.39, 0.29) is 23.8 Å². The molecular formula is C30H42N2O10. The van der Waals surface area contributed by atoms with E-state index in [9.17, 15) is 19.5 Å². The van der Waals surface area contributed by atoms with Crippen LogP contribution in [0.1, 0.15) is 57.9 Å². The molecule has 0 aliphatic heterocycles. The number of carboxylic acids is 1. The van der Waals surface area contributed by atoms with Gasteiger partial charge in [0.1, 0.15) is 24.0 Å². The predicted octanol–water partition coefficient (Wildman–Crippen LogP) is 3.87. The number of nitrogens with one attached hydrogen (secondary N) is 1. The maximum absolute atomic E-state index is 13.6. The van der Waals surface area contributed by atoms with E-state index in [0.29, 0.717) is 31.8 Å². The molecule has 0 unspecified atom stereocenters. The Labute approximate surface area is 246 Å². The summed E-state index contributed by atoms with van der Waals surface area (Å²) in [5.41, 5.74) is -2.08. The highest BCUT2D eigenvalue weighted by molar-refractivity contribution is 5.99. The summed E-state index contributed by atoms with van der Waals surface area (Å²) < 4.78 is 33.2. The molecule has 0 aliphatic rings. The number of nitrogens with zero attached hydrogens (tertiary/aromatic N) is 1. The van der Waals surface area contributed by atoms with Gasteiger partial charge in [0.2, 0.25) is 6.79 Å². The number of amides is 1. The third kappa shape index (κ3) is 9.31. The van der Waals surface area contributed by atoms with Crippen LogP contribution in [0.5, 0.6) is 17.2 Å². The summed E-state index contributed by atoms with van der Waals surface area (Å²) in [6, 6.07) is 10.6. The Morgan fingerprint density at radius 3 is 2.40 bits per heavy atom. The van der Waals surface area contributed by atoms with Gasteiger partial charge in [0, 0.05) is 31.4 Å². The molecule has 2 N–H and O–H groups in total. The molecule has 2 aromatic rings. The van der Waals surface area contributed by atoms with Gasteiger partial charge in [-0.15, -0.1) is 0 Å². The Balaban J connectivity index is 2.35. The summed E-state index contributed by atoms with van der Waals surface area (Å²) in [6.45, 7) is 8.59. The third-order valence-electron chi connectivity index (χ3n) is 6.69. The smallest absolute Gasteiger partial charge is 0.334 e. The van der Waals surface area contributed by atoms with Crippen molar-refractivity contribution < 1.29 is 47.9 Å². The lowest BCUT2D eigenvalue weighted by atomic mass is 9.80. The Bertz CT molecular complexity index is 1150. The Morgan fingerprint density at radius 2 is 1.81 bits per heavy atom. The zero-order chi connectivity index (χ0) is 31.1. The zero-order valence-electron chi connectivity index (χ0n) is 25.1. The van der Waals surface area contributed by atoms with E-state index in [2.05, 4.69) is 10.3 Å². The molecule has 2 rings (SSSR count). The minimum Gasteiger partial charge on any atom is -0.493 e. The monoisotopic (exact) mass is 590 g/mol. The number of carbonyl (C=O) groups is 3. The van der Waals surface area contributed by atoms with Crippen LogP contribution in [-0.4, -0.2) is 79.4 Å². The molecule has 12 heteroatoms. The molecule has 12 nitrogen and oxygen atoms in total. The molecule has 0 saturated carbocycles. The van der Waals surface area contributed by atoms with E-state index < -0.39 is 48.3 Å². The number of hydrogen-bond donors (Lipinski definition) is 2. The normalized spacial score (nSPS) is 14.5. The second-order valence-electron chi connectivity index (χ2n) is 9.57. The first-order valence-electron chi connectivity index (χ1n) is 13.9. The molecule has 42 heavy (non-hydrogen) atoms. The first-order valence-corrected chi connectivity index (χ1v) is 13.9. The summed E-state index contributed by atoms with van der Waals surface area (Å²) in [5, 5.41) is 13.0. The Morgan fingerprint density at radius 1 is 1.10 bits per heavy atom. The van der Waals surface area contributed by atoms with Gasteiger partial charge in [0.05, 0.1) is 13.2 Å². The molecule has 1 heterocycles. The van der Waals surface area contributed by atoms with Crippen LogP contribution in [0.4, 0.5) is 0 Å². The zero-order valence-corrected chi connectivity index (χ0v) is 25.1. The van der Waals surface area contributed by atoms with Crippen LogP contribution in [0.2, 0.25) is 0 Å². The lowest BCUT2D eigenvalue weighted by Crippen LogP contribution is -2.61. The summed E-state index contributed by atoms with van der Waals surface area (Å²) >= 11 is 0. The molecule has 0 spiro atoms. The van der Waals surface area contributed by atoms with Gasteiger partial charge < -0.3 is 38.8 Å². The average Bonchev–Trinajstić information content (AvgIpc) is 2.99. The number of aromatic nitrogens is 1. The van der Waals surface area contributed by atoms with Gasteiger partial charge >= 0.3 is 11.9 Å². The number of rotatable bonds is 19. The topological polar surface area (TPSA) is 152 Å². The van der Waals surface area contributed by atoms with E-state index in [1.165, 1.54) is 26.3 Å². The molecular weight excluding hydrogens is 548 g/mol. The van der Waals surface area contributed by atoms with Gasteiger partial charge in [0.15, 0.2) is 17.2 Å². The first-order chi connectivity index (χ1) is 20.1. The number of ether oxygens (including phenoxy) is 6. The molecule has 0 saturated heterocycles. The van der Waals surface area contributed by atoms with Crippen molar-refractivity contribution >= 4 is 17.8 Å². The van der Waals surface area contributed by atoms with Gasteiger partial charge in [-0.05, 0) is 38.8 Å². The quantitative estimate of drug-likeness (QED) is 0.181. The van der Waals surface area contributed by atoms with Crippen molar-refractivity contribution in [3.05, 3.63) is 48.3 Å². The Hall–Kier alpha value is -3.90. The second kappa shape index (κ2) is 17.1. The van der Waals surface area contributed by atoms with Gasteiger partial charge in [-0.1, -0.05) is 39.0 Å². The second-order valence-corrected chi connectivity index (χ2v) is 9.57. The fourth-order valence-electron chi connectivity index (χ4n) is 4.14. The van der Waals surface area contributed by atoms with Crippen LogP contribution < -0.4 is 19.5 Å². The molecule has 1 aromatic heterocycles. The van der Waals surface area contributed by atoms with Crippen LogP contribution in [0, 0.1) is 5.92 Å². The fourth-order valence-corrected chi connectivity index (χ4v) is 4.14. The molecule has 0 aliphatic carbocycles. The highest BCUT2D eigenvalue weighted by atomic mass is 16.7. The van der Waals surface area contributed by atoms with Crippen molar-refractivity contribution in [2.45, 2.75) is 65.2 Å². The third-order valence-corrected chi connectivity index (χ3v) is 6.69. The number of carbonyl (C=O) groups excluding carboxylic acids is 2. The molecule has 0 radical (unpaired) electrons. The van der Waals surface area contributed by atoms with E-state index in [1.807, 2.05) is 44.2 Å². The summed E-state index contributed by atoms with van der Waals surface area (Å²) in [5.74, 6) is -2.93. The number of pyridine rings is 1. The van der Waals surface area contributed by atoms with Gasteiger partial charge in [-0.25, -0.2) is 14.6 Å². The van der Waals surface area contributed by atoms with E-state index in [0.717, 1.165) is 0 Å². The van der Waals surface area contributed by atoms with E-state index in [4.69, 9.17) is 28.4 Å². The summed E-state index contributed by atoms with van der Waals surface area (Å²) in [4.78, 5) is 42.3. The molecule has 1 aromatic carbocycles. The minimum atomic E-state index is -1.82. The average molecular weight is 591 g/mol. The lowest BCUT2D eigenvalue weighted by Gasteiger charge is -2.40. The van der Waals surface area contributed by atoms with Gasteiger partial charge in [0.25, 0.3) is 5.91 Å². The van der Waals surface area contributed by atoms with Crippen molar-refractivity contribution in [3.63, 3.8) is 0 Å². The van der Waals surface area contributed by atoms with E-state index in [1.54, 1.807) is 13.8 Å². The van der Waals surface area contributed by atoms with Crippen LogP contribution in [-0.2, 0) is 23.8 Å². The largest absolute Gasteiger partial charge is 0.493 e. The first kappa shape index (κ1) is 34.3. The fraction of sp³-hybridized carbons (Fsp3) is 0.533. The number of methoxy groups -OCH3 is 1. The van der Waals surface area contributed by atoms with Crippen molar-refractivity contribution in [2.75, 3.05) is 33.7 Å². The number of esters is 1. The molecule has 0 fully saturated rings. The lowest BCUT2D eigenvalue weighted by molar-refractivity contribution is -0.155. The van der Waals surface area contributed by atoms with Crippen LogP contribution >= 0.6 is 0 Å². The SMILES string of the molecule is CCCO[C@H]([C@H](CC)Oc1ccccc1)[C@@H](C)[C@](C)(NC(=O)c1nccc(OC)c1OCOC(=O)COCC)C(=O)O. The summed E-state index contributed by atoms with van der Waals surface area (Å²) in [6.07, 6.45) is 1.33. The predicted molar refractivity (Wildman–Crippen MR) is 153 cm³/mol. The number of benzene rings is 1. The van der Waals surface area contributed by atoms with Crippen LogP contribution in [0.3, 0.4) is 0 Å².